The number of aromatic nitrogens is 2. The van der Waals surface area contributed by atoms with Crippen molar-refractivity contribution in [3.63, 3.8) is 0 Å². The summed E-state index contributed by atoms with van der Waals surface area (Å²) in [5.41, 5.74) is 1.58. The molecule has 0 unspecified atom stereocenters. The summed E-state index contributed by atoms with van der Waals surface area (Å²) in [4.78, 5) is 8.84. The summed E-state index contributed by atoms with van der Waals surface area (Å²) in [7, 11) is 0.303. The molecule has 2 aromatic rings. The van der Waals surface area contributed by atoms with Crippen LogP contribution in [0.2, 0.25) is 0 Å². The van der Waals surface area contributed by atoms with Crippen LogP contribution in [-0.2, 0) is 23.0 Å². The van der Waals surface area contributed by atoms with Gasteiger partial charge in [-0.3, -0.25) is 4.72 Å². The van der Waals surface area contributed by atoms with Gasteiger partial charge in [-0.1, -0.05) is 19.1 Å². The molecule has 1 aromatic carbocycles. The minimum atomic E-state index is -3.63. The quantitative estimate of drug-likeness (QED) is 0.853. The fourth-order valence-corrected chi connectivity index (χ4v) is 2.96. The minimum absolute atomic E-state index is 0.0809. The first-order chi connectivity index (χ1) is 9.90. The fourth-order valence-electron chi connectivity index (χ4n) is 1.97. The largest absolute Gasteiger partial charge is 0.332 e. The van der Waals surface area contributed by atoms with Crippen molar-refractivity contribution in [3.05, 3.63) is 41.9 Å². The summed E-state index contributed by atoms with van der Waals surface area (Å²) < 4.78 is 27.1. The highest BCUT2D eigenvalue weighted by Gasteiger charge is 2.17. The zero-order chi connectivity index (χ0) is 15.5. The van der Waals surface area contributed by atoms with E-state index in [2.05, 4.69) is 14.7 Å². The number of imidazole rings is 1. The van der Waals surface area contributed by atoms with E-state index in [1.54, 1.807) is 6.07 Å². The van der Waals surface area contributed by atoms with Crippen molar-refractivity contribution in [1.82, 2.24) is 14.9 Å². The molecule has 0 aliphatic carbocycles. The maximum atomic E-state index is 12.3. The van der Waals surface area contributed by atoms with Crippen LogP contribution in [-0.4, -0.2) is 37.4 Å². The Bertz CT molecular complexity index is 707. The summed E-state index contributed by atoms with van der Waals surface area (Å²) in [6.07, 6.45) is 2.00. The molecule has 7 heteroatoms. The molecule has 0 bridgehead atoms. The van der Waals surface area contributed by atoms with Gasteiger partial charge in [0.2, 0.25) is 0 Å². The number of hydrogen-bond acceptors (Lipinski definition) is 4. The van der Waals surface area contributed by atoms with E-state index in [1.165, 1.54) is 6.20 Å². The maximum Gasteiger partial charge on any atom is 0.278 e. The second kappa shape index (κ2) is 6.28. The molecule has 0 amide bonds. The van der Waals surface area contributed by atoms with Gasteiger partial charge in [0.1, 0.15) is 5.82 Å². The predicted octanol–water partition coefficient (Wildman–Crippen LogP) is 1.83. The Morgan fingerprint density at radius 3 is 2.71 bits per heavy atom. The molecule has 0 aliphatic rings. The third-order valence-electron chi connectivity index (χ3n) is 2.91. The monoisotopic (exact) mass is 308 g/mol. The van der Waals surface area contributed by atoms with Crippen molar-refractivity contribution in [2.75, 3.05) is 18.8 Å². The molecule has 0 spiro atoms. The summed E-state index contributed by atoms with van der Waals surface area (Å²) >= 11 is 0. The van der Waals surface area contributed by atoms with Gasteiger partial charge in [0, 0.05) is 18.7 Å². The number of nitrogens with zero attached hydrogens (tertiary/aromatic N) is 2. The Morgan fingerprint density at radius 2 is 2.10 bits per heavy atom. The molecule has 0 fully saturated rings. The van der Waals surface area contributed by atoms with Crippen LogP contribution in [0.5, 0.6) is 0 Å². The molecule has 1 heterocycles. The van der Waals surface area contributed by atoms with E-state index < -0.39 is 10.0 Å². The van der Waals surface area contributed by atoms with E-state index in [9.17, 15) is 8.42 Å². The van der Waals surface area contributed by atoms with Gasteiger partial charge >= 0.3 is 0 Å². The lowest BCUT2D eigenvalue weighted by Crippen LogP contribution is -2.14. The first-order valence-electron chi connectivity index (χ1n) is 6.71. The van der Waals surface area contributed by atoms with Gasteiger partial charge in [0.15, 0.2) is 5.03 Å². The van der Waals surface area contributed by atoms with Gasteiger partial charge in [0.25, 0.3) is 10.0 Å². The molecule has 21 heavy (non-hydrogen) atoms. The minimum Gasteiger partial charge on any atom is -0.332 e. The molecule has 2 N–H and O–H groups in total. The average molecular weight is 308 g/mol. The lowest BCUT2D eigenvalue weighted by molar-refractivity contribution is 0.402. The van der Waals surface area contributed by atoms with Crippen molar-refractivity contribution >= 4 is 15.7 Å². The molecule has 2 rings (SSSR count). The molecule has 6 nitrogen and oxygen atoms in total. The lowest BCUT2D eigenvalue weighted by Gasteiger charge is -2.11. The van der Waals surface area contributed by atoms with Crippen LogP contribution in [0.15, 0.2) is 35.5 Å². The molecular weight excluding hydrogens is 288 g/mol. The molecule has 0 saturated carbocycles. The SMILES string of the molecule is CCc1ncc(S(=O)(=O)Nc2cccc(CN(C)C)c2)[nH]1. The van der Waals surface area contributed by atoms with Gasteiger partial charge in [-0.2, -0.15) is 8.42 Å². The molecule has 0 saturated heterocycles. The van der Waals surface area contributed by atoms with Crippen molar-refractivity contribution in [2.45, 2.75) is 24.9 Å². The number of rotatable bonds is 6. The first-order valence-corrected chi connectivity index (χ1v) is 8.19. The van der Waals surface area contributed by atoms with Crippen molar-refractivity contribution < 1.29 is 8.42 Å². The number of sulfonamides is 1. The van der Waals surface area contributed by atoms with Gasteiger partial charge in [0.05, 0.1) is 6.20 Å². The summed E-state index contributed by atoms with van der Waals surface area (Å²) in [6.45, 7) is 2.66. The Morgan fingerprint density at radius 1 is 1.33 bits per heavy atom. The van der Waals surface area contributed by atoms with Crippen LogP contribution >= 0.6 is 0 Å². The molecule has 0 atom stereocenters. The Balaban J connectivity index is 2.20. The maximum absolute atomic E-state index is 12.3. The normalized spacial score (nSPS) is 11.8. The second-order valence-corrected chi connectivity index (χ2v) is 6.74. The number of H-pyrrole nitrogens is 1. The predicted molar refractivity (Wildman–Crippen MR) is 82.6 cm³/mol. The van der Waals surface area contributed by atoms with Crippen LogP contribution in [0.1, 0.15) is 18.3 Å². The van der Waals surface area contributed by atoms with E-state index >= 15 is 0 Å². The lowest BCUT2D eigenvalue weighted by atomic mass is 10.2. The third kappa shape index (κ3) is 4.05. The van der Waals surface area contributed by atoms with Gasteiger partial charge < -0.3 is 9.88 Å². The van der Waals surface area contributed by atoms with E-state index in [-0.39, 0.29) is 5.03 Å². The highest BCUT2D eigenvalue weighted by Crippen LogP contribution is 2.16. The molecule has 114 valence electrons. The number of anilines is 1. The smallest absolute Gasteiger partial charge is 0.278 e. The van der Waals surface area contributed by atoms with Crippen molar-refractivity contribution in [3.8, 4) is 0 Å². The number of aryl methyl sites for hydroxylation is 1. The highest BCUT2D eigenvalue weighted by molar-refractivity contribution is 7.92. The van der Waals surface area contributed by atoms with Crippen LogP contribution in [0.25, 0.3) is 0 Å². The summed E-state index contributed by atoms with van der Waals surface area (Å²) in [5, 5.41) is 0.0809. The number of benzene rings is 1. The van der Waals surface area contributed by atoms with E-state index in [0.29, 0.717) is 17.9 Å². The number of nitrogens with one attached hydrogen (secondary N) is 2. The zero-order valence-electron chi connectivity index (χ0n) is 12.4. The Labute approximate surface area is 125 Å². The van der Waals surface area contributed by atoms with Gasteiger partial charge in [-0.15, -0.1) is 0 Å². The summed E-state index contributed by atoms with van der Waals surface area (Å²) in [6, 6.07) is 7.35. The Kier molecular flexibility index (Phi) is 4.64. The molecule has 0 radical (unpaired) electrons. The van der Waals surface area contributed by atoms with E-state index in [0.717, 1.165) is 12.1 Å². The van der Waals surface area contributed by atoms with Gasteiger partial charge in [-0.25, -0.2) is 4.98 Å². The van der Waals surface area contributed by atoms with E-state index in [4.69, 9.17) is 0 Å². The number of aromatic amines is 1. The van der Waals surface area contributed by atoms with Crippen LogP contribution in [0.4, 0.5) is 5.69 Å². The highest BCUT2D eigenvalue weighted by atomic mass is 32.2. The number of hydrogen-bond donors (Lipinski definition) is 2. The zero-order valence-corrected chi connectivity index (χ0v) is 13.2. The topological polar surface area (TPSA) is 78.1 Å². The Hall–Kier alpha value is -1.86. The van der Waals surface area contributed by atoms with Crippen LogP contribution < -0.4 is 4.72 Å². The van der Waals surface area contributed by atoms with E-state index in [1.807, 2.05) is 44.1 Å². The fraction of sp³-hybridized carbons (Fsp3) is 0.357. The van der Waals surface area contributed by atoms with Gasteiger partial charge in [-0.05, 0) is 31.8 Å². The standard InChI is InChI=1S/C14H20N4O2S/c1-4-13-15-9-14(16-13)21(19,20)17-12-7-5-6-11(8-12)10-18(2)3/h5-9,17H,4,10H2,1-3H3,(H,15,16). The van der Waals surface area contributed by atoms with Crippen molar-refractivity contribution in [1.29, 1.82) is 0 Å². The molecule has 0 aliphatic heterocycles. The van der Waals surface area contributed by atoms with Crippen LogP contribution in [0.3, 0.4) is 0 Å². The van der Waals surface area contributed by atoms with Crippen molar-refractivity contribution in [2.24, 2.45) is 0 Å². The average Bonchev–Trinajstić information content (AvgIpc) is 2.87. The first kappa shape index (κ1) is 15.5. The molecule has 1 aromatic heterocycles. The third-order valence-corrected chi connectivity index (χ3v) is 4.20. The summed E-state index contributed by atoms with van der Waals surface area (Å²) in [5.74, 6) is 0.650. The van der Waals surface area contributed by atoms with Crippen LogP contribution in [0, 0.1) is 0 Å². The molecular formula is C14H20N4O2S. The second-order valence-electron chi connectivity index (χ2n) is 5.09.